The maximum absolute atomic E-state index is 13.1. The van der Waals surface area contributed by atoms with E-state index in [9.17, 15) is 9.59 Å². The number of nitrogens with zero attached hydrogens (tertiary/aromatic N) is 4. The third-order valence-corrected chi connectivity index (χ3v) is 5.31. The average molecular weight is 481 g/mol. The Morgan fingerprint density at radius 3 is 2.58 bits per heavy atom. The van der Waals surface area contributed by atoms with E-state index < -0.39 is 5.56 Å². The van der Waals surface area contributed by atoms with Gasteiger partial charge in [0.2, 0.25) is 5.95 Å². The predicted octanol–water partition coefficient (Wildman–Crippen LogP) is 3.78. The minimum absolute atomic E-state index is 0.0495. The molecule has 0 saturated heterocycles. The summed E-state index contributed by atoms with van der Waals surface area (Å²) < 4.78 is 0.748. The maximum Gasteiger partial charge on any atom is 0.315 e. The fraction of sp³-hybridized carbons (Fsp3) is 0.0455. The molecule has 0 unspecified atom stereocenters. The van der Waals surface area contributed by atoms with Gasteiger partial charge in [0, 0.05) is 35.4 Å². The molecule has 11 heteroatoms. The molecule has 0 fully saturated rings. The Morgan fingerprint density at radius 2 is 1.88 bits per heavy atom. The first-order chi connectivity index (χ1) is 15.9. The van der Waals surface area contributed by atoms with Gasteiger partial charge in [0.15, 0.2) is 5.65 Å². The van der Waals surface area contributed by atoms with Gasteiger partial charge >= 0.3 is 6.26 Å². The van der Waals surface area contributed by atoms with E-state index in [4.69, 9.17) is 33.3 Å². The molecule has 9 nitrogen and oxygen atoms in total. The van der Waals surface area contributed by atoms with Crippen molar-refractivity contribution < 1.29 is 9.63 Å². The number of hydrogen-bond acceptors (Lipinski definition) is 7. The predicted molar refractivity (Wildman–Crippen MR) is 125 cm³/mol. The fourth-order valence-electron chi connectivity index (χ4n) is 3.20. The number of hydrogen-bond donors (Lipinski definition) is 2. The third kappa shape index (κ3) is 4.30. The van der Waals surface area contributed by atoms with Crippen molar-refractivity contribution in [3.63, 3.8) is 0 Å². The average Bonchev–Trinajstić information content (AvgIpc) is 2.81. The Morgan fingerprint density at radius 1 is 1.15 bits per heavy atom. The topological polar surface area (TPSA) is 122 Å². The maximum atomic E-state index is 13.1. The standard InChI is InChI=1S/C22H14Cl2N6O3/c1-26-20(31)12-4-2-5-14(8-12)28-22-27-10-13-9-15(18-16(23)6-3-7-17(18)24)21(32)30(33-11-25)19(13)29-22/h2-10H,1H3,(H,26,31)(H,27,28,29). The van der Waals surface area contributed by atoms with Crippen LogP contribution in [-0.2, 0) is 0 Å². The zero-order chi connectivity index (χ0) is 23.5. The molecule has 2 aromatic heterocycles. The first kappa shape index (κ1) is 22.1. The molecule has 1 amide bonds. The van der Waals surface area contributed by atoms with Crippen LogP contribution in [0.3, 0.4) is 0 Å². The fourth-order valence-corrected chi connectivity index (χ4v) is 3.80. The summed E-state index contributed by atoms with van der Waals surface area (Å²) >= 11 is 12.5. The summed E-state index contributed by atoms with van der Waals surface area (Å²) in [6.45, 7) is 0. The van der Waals surface area contributed by atoms with Crippen molar-refractivity contribution in [1.82, 2.24) is 20.0 Å². The molecule has 164 valence electrons. The number of pyridine rings is 1. The van der Waals surface area contributed by atoms with Crippen LogP contribution < -0.4 is 21.0 Å². The lowest BCUT2D eigenvalue weighted by molar-refractivity contribution is 0.0963. The van der Waals surface area contributed by atoms with Gasteiger partial charge in [-0.05, 0) is 36.4 Å². The molecule has 33 heavy (non-hydrogen) atoms. The molecular weight excluding hydrogens is 467 g/mol. The molecule has 0 saturated carbocycles. The van der Waals surface area contributed by atoms with E-state index in [0.717, 1.165) is 4.73 Å². The summed E-state index contributed by atoms with van der Waals surface area (Å²) in [5.74, 6) is -0.130. The number of nitrogens with one attached hydrogen (secondary N) is 2. The minimum Gasteiger partial charge on any atom is -0.355 e. The summed E-state index contributed by atoms with van der Waals surface area (Å²) in [6.07, 6.45) is 2.95. The summed E-state index contributed by atoms with van der Waals surface area (Å²) in [6, 6.07) is 13.1. The summed E-state index contributed by atoms with van der Waals surface area (Å²) in [4.78, 5) is 38.5. The van der Waals surface area contributed by atoms with Gasteiger partial charge in [0.25, 0.3) is 11.5 Å². The molecule has 2 N–H and O–H groups in total. The monoisotopic (exact) mass is 480 g/mol. The highest BCUT2D eigenvalue weighted by Crippen LogP contribution is 2.33. The van der Waals surface area contributed by atoms with E-state index in [1.54, 1.807) is 42.5 Å². The normalized spacial score (nSPS) is 10.5. The zero-order valence-electron chi connectivity index (χ0n) is 17.0. The lowest BCUT2D eigenvalue weighted by atomic mass is 10.1. The van der Waals surface area contributed by atoms with Crippen LogP contribution in [0.5, 0.6) is 0 Å². The number of anilines is 2. The van der Waals surface area contributed by atoms with Crippen LogP contribution >= 0.6 is 23.2 Å². The molecule has 0 aliphatic heterocycles. The van der Waals surface area contributed by atoms with Gasteiger partial charge < -0.3 is 10.6 Å². The number of fused-ring (bicyclic) bond motifs is 1. The van der Waals surface area contributed by atoms with E-state index in [-0.39, 0.29) is 33.1 Å². The lowest BCUT2D eigenvalue weighted by Gasteiger charge is -2.12. The van der Waals surface area contributed by atoms with Crippen molar-refractivity contribution in [2.75, 3.05) is 12.4 Å². The number of carbonyl (C=O) groups is 1. The summed E-state index contributed by atoms with van der Waals surface area (Å²) in [5, 5.41) is 15.5. The highest BCUT2D eigenvalue weighted by Gasteiger charge is 2.19. The second kappa shape index (κ2) is 9.16. The van der Waals surface area contributed by atoms with Crippen LogP contribution in [0.4, 0.5) is 11.6 Å². The van der Waals surface area contributed by atoms with Crippen molar-refractivity contribution in [2.45, 2.75) is 0 Å². The molecule has 0 atom stereocenters. The molecule has 0 radical (unpaired) electrons. The minimum atomic E-state index is -0.676. The number of amides is 1. The smallest absolute Gasteiger partial charge is 0.315 e. The van der Waals surface area contributed by atoms with Crippen LogP contribution in [0.1, 0.15) is 10.4 Å². The van der Waals surface area contributed by atoms with Crippen molar-refractivity contribution in [2.24, 2.45) is 0 Å². The Labute approximate surface area is 197 Å². The molecule has 0 spiro atoms. The van der Waals surface area contributed by atoms with E-state index in [1.165, 1.54) is 25.6 Å². The van der Waals surface area contributed by atoms with Crippen LogP contribution in [-0.4, -0.2) is 27.7 Å². The van der Waals surface area contributed by atoms with Crippen LogP contribution in [0.2, 0.25) is 10.0 Å². The first-order valence-corrected chi connectivity index (χ1v) is 10.2. The van der Waals surface area contributed by atoms with Crippen molar-refractivity contribution in [3.8, 4) is 17.4 Å². The number of halogens is 2. The molecular formula is C22H14Cl2N6O3. The largest absolute Gasteiger partial charge is 0.355 e. The number of rotatable bonds is 5. The van der Waals surface area contributed by atoms with Gasteiger partial charge in [-0.25, -0.2) is 4.98 Å². The third-order valence-electron chi connectivity index (χ3n) is 4.68. The lowest BCUT2D eigenvalue weighted by Crippen LogP contribution is -2.27. The number of benzene rings is 2. The highest BCUT2D eigenvalue weighted by atomic mass is 35.5. The highest BCUT2D eigenvalue weighted by molar-refractivity contribution is 6.39. The number of aromatic nitrogens is 3. The zero-order valence-corrected chi connectivity index (χ0v) is 18.5. The van der Waals surface area contributed by atoms with Crippen molar-refractivity contribution >= 4 is 51.8 Å². The van der Waals surface area contributed by atoms with E-state index in [1.807, 2.05) is 0 Å². The quantitative estimate of drug-likeness (QED) is 0.416. The Bertz CT molecular complexity index is 1480. The van der Waals surface area contributed by atoms with Crippen LogP contribution in [0.25, 0.3) is 22.2 Å². The van der Waals surface area contributed by atoms with Gasteiger partial charge in [0.05, 0.1) is 15.6 Å². The van der Waals surface area contributed by atoms with Crippen LogP contribution in [0.15, 0.2) is 59.5 Å². The molecule has 4 aromatic rings. The van der Waals surface area contributed by atoms with E-state index >= 15 is 0 Å². The van der Waals surface area contributed by atoms with E-state index in [2.05, 4.69) is 20.6 Å². The Balaban J connectivity index is 1.83. The molecule has 0 aliphatic rings. The number of carbonyl (C=O) groups excluding carboxylic acids is 1. The molecule has 2 aromatic carbocycles. The van der Waals surface area contributed by atoms with Gasteiger partial charge in [-0.15, -0.1) is 9.99 Å². The molecule has 4 rings (SSSR count). The second-order valence-corrected chi connectivity index (χ2v) is 7.51. The SMILES string of the molecule is CNC(=O)c1cccc(Nc2ncc3cc(-c4c(Cl)cccc4Cl)c(=O)n(OC#N)c3n2)c1. The first-order valence-electron chi connectivity index (χ1n) is 9.45. The molecule has 2 heterocycles. The Kier molecular flexibility index (Phi) is 6.13. The molecule has 0 bridgehead atoms. The second-order valence-electron chi connectivity index (χ2n) is 6.69. The van der Waals surface area contributed by atoms with Gasteiger partial charge in [0.1, 0.15) is 0 Å². The van der Waals surface area contributed by atoms with Gasteiger partial charge in [-0.2, -0.15) is 4.98 Å². The summed E-state index contributed by atoms with van der Waals surface area (Å²) in [7, 11) is 1.54. The number of nitriles is 1. The van der Waals surface area contributed by atoms with Gasteiger partial charge in [-0.3, -0.25) is 14.4 Å². The van der Waals surface area contributed by atoms with E-state index in [0.29, 0.717) is 22.2 Å². The van der Waals surface area contributed by atoms with Crippen molar-refractivity contribution in [3.05, 3.63) is 80.7 Å². The van der Waals surface area contributed by atoms with Crippen molar-refractivity contribution in [1.29, 1.82) is 5.26 Å². The van der Waals surface area contributed by atoms with Gasteiger partial charge in [-0.1, -0.05) is 35.3 Å². The molecule has 0 aliphatic carbocycles. The summed E-state index contributed by atoms with van der Waals surface area (Å²) in [5.41, 5.74) is 0.783. The van der Waals surface area contributed by atoms with Crippen LogP contribution in [0, 0.1) is 11.5 Å². The Hall–Kier alpha value is -4.13.